The minimum absolute atomic E-state index is 0.0569. The lowest BCUT2D eigenvalue weighted by Gasteiger charge is -2.70. The van der Waals surface area contributed by atoms with Gasteiger partial charge in [0.1, 0.15) is 12.2 Å². The van der Waals surface area contributed by atoms with E-state index < -0.39 is 11.5 Å². The molecule has 10 atom stereocenters. The third kappa shape index (κ3) is 2.94. The highest BCUT2D eigenvalue weighted by Gasteiger charge is 2.69. The Morgan fingerprint density at radius 1 is 1.06 bits per heavy atom. The zero-order chi connectivity index (χ0) is 24.8. The first-order chi connectivity index (χ1) is 15.8. The van der Waals surface area contributed by atoms with E-state index in [4.69, 9.17) is 9.47 Å². The molecule has 5 nitrogen and oxygen atoms in total. The summed E-state index contributed by atoms with van der Waals surface area (Å²) in [6.07, 6.45) is 7.39. The van der Waals surface area contributed by atoms with Crippen molar-refractivity contribution in [2.24, 2.45) is 39.4 Å². The number of rotatable bonds is 2. The molecule has 1 heterocycles. The summed E-state index contributed by atoms with van der Waals surface area (Å²) in [5, 5.41) is 11.8. The third-order valence-electron chi connectivity index (χ3n) is 12.1. The lowest BCUT2D eigenvalue weighted by Crippen LogP contribution is -2.66. The molecule has 0 aromatic carbocycles. The maximum atomic E-state index is 13.0. The molecule has 4 aliphatic carbocycles. The van der Waals surface area contributed by atoms with Crippen LogP contribution in [-0.4, -0.2) is 35.4 Å². The molecule has 5 rings (SSSR count). The second kappa shape index (κ2) is 7.57. The first-order valence-electron chi connectivity index (χ1n) is 13.6. The van der Waals surface area contributed by atoms with Gasteiger partial charge in [0.25, 0.3) is 0 Å². The van der Waals surface area contributed by atoms with Crippen LogP contribution < -0.4 is 0 Å². The Balaban J connectivity index is 1.55. The highest BCUT2D eigenvalue weighted by molar-refractivity contribution is 5.94. The minimum Gasteiger partial charge on any atom is -0.462 e. The fourth-order valence-corrected chi connectivity index (χ4v) is 10.4. The second-order valence-electron chi connectivity index (χ2n) is 13.3. The van der Waals surface area contributed by atoms with Crippen molar-refractivity contribution in [2.45, 2.75) is 118 Å². The highest BCUT2D eigenvalue weighted by Crippen LogP contribution is 2.73. The molecular weight excluding hydrogens is 428 g/mol. The zero-order valence-electron chi connectivity index (χ0n) is 22.2. The molecule has 0 aromatic heterocycles. The van der Waals surface area contributed by atoms with Gasteiger partial charge in [-0.25, -0.2) is 4.79 Å². The van der Waals surface area contributed by atoms with E-state index in [9.17, 15) is 14.7 Å². The van der Waals surface area contributed by atoms with Gasteiger partial charge in [-0.1, -0.05) is 34.1 Å². The zero-order valence-corrected chi connectivity index (χ0v) is 22.2. The highest BCUT2D eigenvalue weighted by atomic mass is 16.5. The van der Waals surface area contributed by atoms with Gasteiger partial charge in [0, 0.05) is 23.3 Å². The molecule has 0 aromatic rings. The average molecular weight is 473 g/mol. The van der Waals surface area contributed by atoms with Gasteiger partial charge < -0.3 is 14.6 Å². The van der Waals surface area contributed by atoms with Crippen LogP contribution in [0.2, 0.25) is 0 Å². The number of fused-ring (bicyclic) bond motifs is 6. The van der Waals surface area contributed by atoms with E-state index in [1.54, 1.807) is 0 Å². The maximum absolute atomic E-state index is 13.0. The molecular formula is C29H44O5. The van der Waals surface area contributed by atoms with Gasteiger partial charge in [0.05, 0.1) is 6.10 Å². The number of aliphatic hydroxyl groups excluding tert-OH is 1. The summed E-state index contributed by atoms with van der Waals surface area (Å²) in [5.74, 6) is 0.702. The number of carbonyl (C=O) groups excluding carboxylic acids is 2. The van der Waals surface area contributed by atoms with E-state index in [2.05, 4.69) is 34.6 Å². The van der Waals surface area contributed by atoms with Crippen LogP contribution in [0.15, 0.2) is 11.1 Å². The maximum Gasteiger partial charge on any atom is 0.335 e. The molecule has 5 heteroatoms. The normalized spacial score (nSPS) is 50.9. The summed E-state index contributed by atoms with van der Waals surface area (Å²) >= 11 is 0. The first kappa shape index (κ1) is 24.3. The van der Waals surface area contributed by atoms with Gasteiger partial charge in [-0.3, -0.25) is 4.79 Å². The largest absolute Gasteiger partial charge is 0.462 e. The predicted molar refractivity (Wildman–Crippen MR) is 130 cm³/mol. The molecule has 0 spiro atoms. The molecule has 0 radical (unpaired) electrons. The van der Waals surface area contributed by atoms with Crippen LogP contribution in [0.4, 0.5) is 0 Å². The summed E-state index contributed by atoms with van der Waals surface area (Å²) in [7, 11) is 0. The Kier molecular flexibility index (Phi) is 5.42. The van der Waals surface area contributed by atoms with Crippen LogP contribution in [-0.2, 0) is 19.1 Å². The van der Waals surface area contributed by atoms with Crippen LogP contribution >= 0.6 is 0 Å². The van der Waals surface area contributed by atoms with Gasteiger partial charge in [-0.05, 0) is 93.0 Å². The van der Waals surface area contributed by atoms with Gasteiger partial charge in [-0.2, -0.15) is 0 Å². The van der Waals surface area contributed by atoms with Crippen molar-refractivity contribution in [3.05, 3.63) is 11.1 Å². The SMILES string of the molecule is CC(=O)O[C@@H](C)[C@@]1(C)CCC[C@]2(C)C3C[C@@H](O)[C@]4(C)C5=C(CCC4[C@]3(C)CCC21)[C@H](C)OC5=O. The standard InChI is InChI=1S/C29H44O5/c1-16-19-9-10-21-28(6)14-11-20-26(4,17(2)34-18(3)30)12-8-13-27(20,5)22(28)15-23(31)29(21,7)24(19)25(32)33-16/h16-17,20-23,31H,8-15H2,1-7H3/t16-,17-,20?,21?,22?,23+,26+,27-,28-,29+/m0/s1. The van der Waals surface area contributed by atoms with E-state index in [0.29, 0.717) is 11.8 Å². The van der Waals surface area contributed by atoms with Gasteiger partial charge >= 0.3 is 11.9 Å². The molecule has 3 unspecified atom stereocenters. The van der Waals surface area contributed by atoms with Crippen molar-refractivity contribution in [2.75, 3.05) is 0 Å². The van der Waals surface area contributed by atoms with E-state index >= 15 is 0 Å². The Morgan fingerprint density at radius 2 is 1.74 bits per heavy atom. The Hall–Kier alpha value is -1.36. The van der Waals surface area contributed by atoms with E-state index in [1.807, 2.05) is 6.92 Å². The molecule has 34 heavy (non-hydrogen) atoms. The number of aliphatic hydroxyl groups is 1. The Labute approximate surface area is 205 Å². The summed E-state index contributed by atoms with van der Waals surface area (Å²) in [4.78, 5) is 24.8. The number of esters is 2. The fraction of sp³-hybridized carbons (Fsp3) is 0.862. The topological polar surface area (TPSA) is 72.8 Å². The fourth-order valence-electron chi connectivity index (χ4n) is 10.4. The number of hydrogen-bond acceptors (Lipinski definition) is 5. The minimum atomic E-state index is -0.548. The Bertz CT molecular complexity index is 939. The molecule has 3 saturated carbocycles. The molecule has 0 saturated heterocycles. The smallest absolute Gasteiger partial charge is 0.335 e. The van der Waals surface area contributed by atoms with Crippen molar-refractivity contribution in [1.82, 2.24) is 0 Å². The third-order valence-corrected chi connectivity index (χ3v) is 12.1. The van der Waals surface area contributed by atoms with E-state index in [-0.39, 0.29) is 46.3 Å². The molecule has 1 aliphatic heterocycles. The van der Waals surface area contributed by atoms with E-state index in [0.717, 1.165) is 62.5 Å². The number of ether oxygens (including phenoxy) is 2. The second-order valence-corrected chi connectivity index (χ2v) is 13.3. The van der Waals surface area contributed by atoms with Crippen molar-refractivity contribution in [3.8, 4) is 0 Å². The quantitative estimate of drug-likeness (QED) is 0.531. The molecule has 1 N–H and O–H groups in total. The lowest BCUT2D eigenvalue weighted by atomic mass is 9.34. The van der Waals surface area contributed by atoms with Crippen LogP contribution in [0.1, 0.15) is 99.8 Å². The van der Waals surface area contributed by atoms with Gasteiger partial charge in [-0.15, -0.1) is 0 Å². The number of cyclic esters (lactones) is 1. The molecule has 0 bridgehead atoms. The molecule has 3 fully saturated rings. The van der Waals surface area contributed by atoms with E-state index in [1.165, 1.54) is 6.92 Å². The molecule has 0 amide bonds. The number of hydrogen-bond donors (Lipinski definition) is 1. The van der Waals surface area contributed by atoms with Crippen LogP contribution in [0.25, 0.3) is 0 Å². The monoisotopic (exact) mass is 472 g/mol. The van der Waals surface area contributed by atoms with Crippen molar-refractivity contribution in [1.29, 1.82) is 0 Å². The summed E-state index contributed by atoms with van der Waals surface area (Å²) in [6, 6.07) is 0. The number of carbonyl (C=O) groups is 2. The van der Waals surface area contributed by atoms with Crippen molar-refractivity contribution < 1.29 is 24.2 Å². The van der Waals surface area contributed by atoms with Crippen LogP contribution in [0.3, 0.4) is 0 Å². The van der Waals surface area contributed by atoms with Gasteiger partial charge in [0.15, 0.2) is 0 Å². The average Bonchev–Trinajstić information content (AvgIpc) is 3.04. The predicted octanol–water partition coefficient (Wildman–Crippen LogP) is 5.59. The first-order valence-corrected chi connectivity index (χ1v) is 13.6. The molecule has 5 aliphatic rings. The summed E-state index contributed by atoms with van der Waals surface area (Å²) in [5.41, 5.74) is 1.48. The Morgan fingerprint density at radius 3 is 2.41 bits per heavy atom. The van der Waals surface area contributed by atoms with Gasteiger partial charge in [0.2, 0.25) is 0 Å². The van der Waals surface area contributed by atoms with Crippen LogP contribution in [0.5, 0.6) is 0 Å². The molecule has 190 valence electrons. The lowest BCUT2D eigenvalue weighted by molar-refractivity contribution is -0.232. The van der Waals surface area contributed by atoms with Crippen molar-refractivity contribution in [3.63, 3.8) is 0 Å². The summed E-state index contributed by atoms with van der Waals surface area (Å²) in [6.45, 7) is 15.0. The van der Waals surface area contributed by atoms with Crippen LogP contribution in [0, 0.1) is 39.4 Å². The van der Waals surface area contributed by atoms with Crippen molar-refractivity contribution >= 4 is 11.9 Å². The summed E-state index contributed by atoms with van der Waals surface area (Å²) < 4.78 is 11.5.